The van der Waals surface area contributed by atoms with Crippen molar-refractivity contribution >= 4 is 11.8 Å². The Balaban J connectivity index is 2.11. The van der Waals surface area contributed by atoms with Gasteiger partial charge in [-0.2, -0.15) is 0 Å². The van der Waals surface area contributed by atoms with Gasteiger partial charge in [0.15, 0.2) is 0 Å². The number of rotatable bonds is 4. The Kier molecular flexibility index (Phi) is 3.75. The first-order valence-electron chi connectivity index (χ1n) is 5.76. The molecule has 1 heterocycles. The number of carboxylic acid groups (broad SMARTS) is 1. The zero-order valence-corrected chi connectivity index (χ0v) is 10.4. The molecule has 0 atom stereocenters. The number of nitrogens with zero attached hydrogens (tertiary/aromatic N) is 1. The molecule has 2 N–H and O–H groups in total. The lowest BCUT2D eigenvalue weighted by molar-refractivity contribution is 0.0695. The second-order valence-corrected chi connectivity index (χ2v) is 4.08. The third kappa shape index (κ3) is 3.07. The molecule has 1 aromatic heterocycles. The van der Waals surface area contributed by atoms with Gasteiger partial charge in [-0.05, 0) is 25.1 Å². The Bertz CT molecular complexity index is 614. The molecule has 0 radical (unpaired) electrons. The summed E-state index contributed by atoms with van der Waals surface area (Å²) in [7, 11) is 0. The second kappa shape index (κ2) is 5.48. The molecule has 2 aromatic rings. The molecule has 0 aliphatic rings. The minimum absolute atomic E-state index is 0.163. The number of hydrogen-bond acceptors (Lipinski definition) is 3. The van der Waals surface area contributed by atoms with Gasteiger partial charge in [0, 0.05) is 12.1 Å². The maximum absolute atomic E-state index is 13.4. The summed E-state index contributed by atoms with van der Waals surface area (Å²) in [5.74, 6) is -0.773. The number of aryl methyl sites for hydroxylation is 1. The van der Waals surface area contributed by atoms with Gasteiger partial charge in [0.1, 0.15) is 11.6 Å². The van der Waals surface area contributed by atoms with Crippen LogP contribution in [-0.2, 0) is 6.54 Å². The summed E-state index contributed by atoms with van der Waals surface area (Å²) in [4.78, 5) is 15.0. The topological polar surface area (TPSA) is 62.2 Å². The van der Waals surface area contributed by atoms with Crippen molar-refractivity contribution in [1.29, 1.82) is 0 Å². The Morgan fingerprint density at radius 2 is 2.05 bits per heavy atom. The fraction of sp³-hybridized carbons (Fsp3) is 0.143. The van der Waals surface area contributed by atoms with Crippen LogP contribution in [0.25, 0.3) is 0 Å². The molecular formula is C14H13FN2O2. The van der Waals surface area contributed by atoms with Crippen LogP contribution in [0.5, 0.6) is 0 Å². The molecule has 0 unspecified atom stereocenters. The number of nitrogens with one attached hydrogen (secondary N) is 1. The van der Waals surface area contributed by atoms with Crippen LogP contribution < -0.4 is 5.32 Å². The molecule has 0 saturated carbocycles. The highest BCUT2D eigenvalue weighted by Gasteiger charge is 2.08. The lowest BCUT2D eigenvalue weighted by Gasteiger charge is -2.08. The van der Waals surface area contributed by atoms with Gasteiger partial charge in [-0.1, -0.05) is 18.2 Å². The van der Waals surface area contributed by atoms with E-state index < -0.39 is 5.97 Å². The first-order valence-corrected chi connectivity index (χ1v) is 5.76. The standard InChI is InChI=1S/C14H13FN2O2/c1-9-11(14(18)19)6-7-13(17-9)16-8-10-4-2-3-5-12(10)15/h2-7H,8H2,1H3,(H,16,17)(H,18,19). The number of anilines is 1. The van der Waals surface area contributed by atoms with Crippen molar-refractivity contribution in [2.24, 2.45) is 0 Å². The van der Waals surface area contributed by atoms with E-state index in [1.807, 2.05) is 0 Å². The smallest absolute Gasteiger partial charge is 0.337 e. The van der Waals surface area contributed by atoms with E-state index in [1.54, 1.807) is 31.2 Å². The number of pyridine rings is 1. The predicted molar refractivity (Wildman–Crippen MR) is 69.7 cm³/mol. The molecule has 0 fully saturated rings. The molecule has 98 valence electrons. The van der Waals surface area contributed by atoms with Crippen molar-refractivity contribution in [2.75, 3.05) is 5.32 Å². The number of hydrogen-bond donors (Lipinski definition) is 2. The fourth-order valence-electron chi connectivity index (χ4n) is 1.71. The quantitative estimate of drug-likeness (QED) is 0.887. The molecule has 0 saturated heterocycles. The highest BCUT2D eigenvalue weighted by atomic mass is 19.1. The first kappa shape index (κ1) is 13.0. The SMILES string of the molecule is Cc1nc(NCc2ccccc2F)ccc1C(=O)O. The summed E-state index contributed by atoms with van der Waals surface area (Å²) >= 11 is 0. The summed E-state index contributed by atoms with van der Waals surface area (Å²) < 4.78 is 13.4. The zero-order chi connectivity index (χ0) is 13.8. The van der Waals surface area contributed by atoms with Gasteiger partial charge >= 0.3 is 5.97 Å². The number of carbonyl (C=O) groups is 1. The molecule has 0 bridgehead atoms. The molecule has 0 aliphatic heterocycles. The van der Waals surface area contributed by atoms with Gasteiger partial charge in [-0.15, -0.1) is 0 Å². The maximum atomic E-state index is 13.4. The van der Waals surface area contributed by atoms with Crippen LogP contribution in [-0.4, -0.2) is 16.1 Å². The van der Waals surface area contributed by atoms with E-state index in [9.17, 15) is 9.18 Å². The number of halogens is 1. The van der Waals surface area contributed by atoms with Crippen molar-refractivity contribution in [3.63, 3.8) is 0 Å². The van der Waals surface area contributed by atoms with Gasteiger partial charge < -0.3 is 10.4 Å². The number of aromatic nitrogens is 1. The van der Waals surface area contributed by atoms with E-state index in [-0.39, 0.29) is 11.4 Å². The lowest BCUT2D eigenvalue weighted by Crippen LogP contribution is -2.07. The summed E-state index contributed by atoms with van der Waals surface area (Å²) in [6.07, 6.45) is 0. The van der Waals surface area contributed by atoms with Crippen molar-refractivity contribution in [3.05, 3.63) is 59.0 Å². The third-order valence-corrected chi connectivity index (χ3v) is 2.73. The molecule has 19 heavy (non-hydrogen) atoms. The molecule has 1 aromatic carbocycles. The number of carboxylic acids is 1. The highest BCUT2D eigenvalue weighted by Crippen LogP contribution is 2.13. The van der Waals surface area contributed by atoms with Gasteiger partial charge in [0.25, 0.3) is 0 Å². The number of aromatic carboxylic acids is 1. The lowest BCUT2D eigenvalue weighted by atomic mass is 10.2. The van der Waals surface area contributed by atoms with E-state index in [1.165, 1.54) is 12.1 Å². The van der Waals surface area contributed by atoms with Crippen LogP contribution >= 0.6 is 0 Å². The monoisotopic (exact) mass is 260 g/mol. The molecule has 5 heteroatoms. The number of benzene rings is 1. The van der Waals surface area contributed by atoms with Crippen molar-refractivity contribution < 1.29 is 14.3 Å². The van der Waals surface area contributed by atoms with Gasteiger partial charge in [0.2, 0.25) is 0 Å². The van der Waals surface area contributed by atoms with E-state index >= 15 is 0 Å². The third-order valence-electron chi connectivity index (χ3n) is 2.73. The highest BCUT2D eigenvalue weighted by molar-refractivity contribution is 5.89. The van der Waals surface area contributed by atoms with Crippen molar-refractivity contribution in [2.45, 2.75) is 13.5 Å². The maximum Gasteiger partial charge on any atom is 0.337 e. The predicted octanol–water partition coefficient (Wildman–Crippen LogP) is 2.84. The Morgan fingerprint density at radius 3 is 2.68 bits per heavy atom. The zero-order valence-electron chi connectivity index (χ0n) is 10.4. The van der Waals surface area contributed by atoms with Crippen LogP contribution in [0.4, 0.5) is 10.2 Å². The van der Waals surface area contributed by atoms with Crippen LogP contribution in [0.2, 0.25) is 0 Å². The van der Waals surface area contributed by atoms with E-state index in [0.29, 0.717) is 23.6 Å². The summed E-state index contributed by atoms with van der Waals surface area (Å²) in [6.45, 7) is 1.92. The fourth-order valence-corrected chi connectivity index (χ4v) is 1.71. The second-order valence-electron chi connectivity index (χ2n) is 4.08. The average molecular weight is 260 g/mol. The molecule has 0 amide bonds. The van der Waals surface area contributed by atoms with Gasteiger partial charge in [-0.25, -0.2) is 14.2 Å². The molecule has 0 aliphatic carbocycles. The van der Waals surface area contributed by atoms with Crippen LogP contribution in [0.1, 0.15) is 21.6 Å². The minimum Gasteiger partial charge on any atom is -0.478 e. The first-order chi connectivity index (χ1) is 9.08. The van der Waals surface area contributed by atoms with Gasteiger partial charge in [0.05, 0.1) is 11.3 Å². The van der Waals surface area contributed by atoms with Crippen LogP contribution in [0.15, 0.2) is 36.4 Å². The molecule has 0 spiro atoms. The van der Waals surface area contributed by atoms with E-state index in [4.69, 9.17) is 5.11 Å². The van der Waals surface area contributed by atoms with Crippen molar-refractivity contribution in [1.82, 2.24) is 4.98 Å². The molecule has 2 rings (SSSR count). The van der Waals surface area contributed by atoms with Gasteiger partial charge in [-0.3, -0.25) is 0 Å². The summed E-state index contributed by atoms with van der Waals surface area (Å²) in [6, 6.07) is 9.50. The Hall–Kier alpha value is -2.43. The summed E-state index contributed by atoms with van der Waals surface area (Å²) in [5, 5.41) is 11.9. The minimum atomic E-state index is -1.01. The van der Waals surface area contributed by atoms with Crippen LogP contribution in [0, 0.1) is 12.7 Å². The van der Waals surface area contributed by atoms with E-state index in [2.05, 4.69) is 10.3 Å². The normalized spacial score (nSPS) is 10.2. The largest absolute Gasteiger partial charge is 0.478 e. The van der Waals surface area contributed by atoms with Crippen LogP contribution in [0.3, 0.4) is 0 Å². The Labute approximate surface area is 109 Å². The summed E-state index contributed by atoms with van der Waals surface area (Å²) in [5.41, 5.74) is 1.12. The average Bonchev–Trinajstić information content (AvgIpc) is 2.37. The van der Waals surface area contributed by atoms with E-state index in [0.717, 1.165) is 0 Å². The Morgan fingerprint density at radius 1 is 1.32 bits per heavy atom. The molecular weight excluding hydrogens is 247 g/mol. The van der Waals surface area contributed by atoms with Crippen molar-refractivity contribution in [3.8, 4) is 0 Å². The molecule has 4 nitrogen and oxygen atoms in total.